The third-order valence-electron chi connectivity index (χ3n) is 12.2. The van der Waals surface area contributed by atoms with Crippen molar-refractivity contribution in [3.8, 4) is 11.5 Å². The van der Waals surface area contributed by atoms with Gasteiger partial charge in [0, 0.05) is 18.3 Å². The Bertz CT molecular complexity index is 1200. The van der Waals surface area contributed by atoms with E-state index in [1.165, 1.54) is 152 Å². The monoisotopic (exact) mass is 821 g/mol. The summed E-state index contributed by atoms with van der Waals surface area (Å²) in [5, 5.41) is 19.5. The van der Waals surface area contributed by atoms with Crippen LogP contribution in [-0.4, -0.2) is 35.4 Å². The van der Waals surface area contributed by atoms with E-state index in [1.807, 2.05) is 38.1 Å². The number of benzene rings is 2. The number of phenols is 2. The van der Waals surface area contributed by atoms with Gasteiger partial charge in [-0.3, -0.25) is 9.59 Å². The van der Waals surface area contributed by atoms with Gasteiger partial charge < -0.3 is 19.7 Å². The Morgan fingerprint density at radius 3 is 1.02 bits per heavy atom. The van der Waals surface area contributed by atoms with Crippen molar-refractivity contribution in [2.24, 2.45) is 5.41 Å². The number of rotatable bonds is 38. The molecule has 2 aromatic rings. The number of carbonyl (C=O) groups is 2. The first-order chi connectivity index (χ1) is 28.6. The summed E-state index contributed by atoms with van der Waals surface area (Å²) in [6, 6.07) is 15.7. The Hall–Kier alpha value is -3.02. The van der Waals surface area contributed by atoms with E-state index in [9.17, 15) is 19.8 Å². The van der Waals surface area contributed by atoms with Gasteiger partial charge in [-0.25, -0.2) is 0 Å². The Morgan fingerprint density at radius 1 is 0.441 bits per heavy atom. The van der Waals surface area contributed by atoms with E-state index in [2.05, 4.69) is 38.1 Å². The van der Waals surface area contributed by atoms with Gasteiger partial charge in [0.1, 0.15) is 11.5 Å². The molecule has 2 N–H and O–H groups in total. The molecular weight excluding hydrogens is 733 g/mol. The molecule has 6 heteroatoms. The third-order valence-corrected chi connectivity index (χ3v) is 12.2. The zero-order chi connectivity index (χ0) is 42.8. The molecule has 0 saturated heterocycles. The highest BCUT2D eigenvalue weighted by Crippen LogP contribution is 2.31. The SMILES string of the molecule is CCCCCCCC(CCCCCCCCCC(=O)OCC(C)(C)COC(=O)CCCCCCCCCC(CCCCCCC)c1ccc(O)cc1)c1ccc(O)cc1. The fraction of sp³-hybridized carbons (Fsp3) is 0.736. The first kappa shape index (κ1) is 52.1. The van der Waals surface area contributed by atoms with Crippen molar-refractivity contribution in [3.63, 3.8) is 0 Å². The summed E-state index contributed by atoms with van der Waals surface area (Å²) in [4.78, 5) is 24.9. The van der Waals surface area contributed by atoms with Gasteiger partial charge >= 0.3 is 11.9 Å². The minimum absolute atomic E-state index is 0.158. The summed E-state index contributed by atoms with van der Waals surface area (Å²) >= 11 is 0. The molecular formula is C53H88O6. The van der Waals surface area contributed by atoms with Crippen LogP contribution in [-0.2, 0) is 19.1 Å². The first-order valence-corrected chi connectivity index (χ1v) is 24.5. The number of unbranched alkanes of at least 4 members (excludes halogenated alkanes) is 20. The molecule has 0 aliphatic heterocycles. The fourth-order valence-electron chi connectivity index (χ4n) is 8.26. The molecule has 0 aromatic heterocycles. The van der Waals surface area contributed by atoms with Gasteiger partial charge in [-0.1, -0.05) is 193 Å². The van der Waals surface area contributed by atoms with E-state index >= 15 is 0 Å². The number of carbonyl (C=O) groups excluding carboxylic acids is 2. The maximum Gasteiger partial charge on any atom is 0.305 e. The fourth-order valence-corrected chi connectivity index (χ4v) is 8.26. The molecule has 2 unspecified atom stereocenters. The molecule has 0 bridgehead atoms. The van der Waals surface area contributed by atoms with Crippen molar-refractivity contribution < 1.29 is 29.3 Å². The summed E-state index contributed by atoms with van der Waals surface area (Å²) in [6.07, 6.45) is 34.8. The van der Waals surface area contributed by atoms with Gasteiger partial charge in [0.15, 0.2) is 0 Å². The van der Waals surface area contributed by atoms with Crippen LogP contribution in [0.25, 0.3) is 0 Å². The molecule has 0 amide bonds. The van der Waals surface area contributed by atoms with Crippen molar-refractivity contribution in [2.75, 3.05) is 13.2 Å². The maximum absolute atomic E-state index is 12.4. The average Bonchev–Trinajstić information content (AvgIpc) is 3.23. The second kappa shape index (κ2) is 33.7. The van der Waals surface area contributed by atoms with Crippen LogP contribution in [0.3, 0.4) is 0 Å². The van der Waals surface area contributed by atoms with Crippen LogP contribution in [0.2, 0.25) is 0 Å². The van der Waals surface area contributed by atoms with Crippen molar-refractivity contribution >= 4 is 11.9 Å². The summed E-state index contributed by atoms with van der Waals surface area (Å²) in [5.41, 5.74) is 2.33. The van der Waals surface area contributed by atoms with Gasteiger partial charge in [0.2, 0.25) is 0 Å². The van der Waals surface area contributed by atoms with E-state index in [-0.39, 0.29) is 25.2 Å². The summed E-state index contributed by atoms with van der Waals surface area (Å²) in [5.74, 6) is 1.54. The number of hydrogen-bond acceptors (Lipinski definition) is 6. The minimum Gasteiger partial charge on any atom is -0.508 e. The molecule has 0 radical (unpaired) electrons. The molecule has 2 atom stereocenters. The highest BCUT2D eigenvalue weighted by molar-refractivity contribution is 5.69. The molecule has 59 heavy (non-hydrogen) atoms. The number of hydrogen-bond donors (Lipinski definition) is 2. The zero-order valence-corrected chi connectivity index (χ0v) is 38.4. The van der Waals surface area contributed by atoms with Crippen LogP contribution in [0.4, 0.5) is 0 Å². The molecule has 0 fully saturated rings. The molecule has 0 spiro atoms. The third kappa shape index (κ3) is 27.4. The van der Waals surface area contributed by atoms with Gasteiger partial charge in [-0.05, 0) is 85.8 Å². The normalized spacial score (nSPS) is 12.7. The number of aromatic hydroxyl groups is 2. The van der Waals surface area contributed by atoms with Crippen LogP contribution in [0, 0.1) is 5.41 Å². The lowest BCUT2D eigenvalue weighted by atomic mass is 9.88. The Kier molecular flexibility index (Phi) is 29.7. The molecule has 6 nitrogen and oxygen atoms in total. The van der Waals surface area contributed by atoms with Crippen LogP contribution >= 0.6 is 0 Å². The van der Waals surface area contributed by atoms with Crippen molar-refractivity contribution in [3.05, 3.63) is 59.7 Å². The molecule has 2 rings (SSSR count). The standard InChI is InChI=1S/C53H88O6/c1-5-7-9-17-23-29-45(47-35-39-49(54)40-36-47)31-25-19-13-11-15-21-27-33-51(56)58-43-53(3,4)44-59-52(57)34-28-22-16-12-14-20-26-32-46(30-24-18-10-8-6-2)48-37-41-50(55)42-38-48/h35-42,45-46,54-55H,5-34,43-44H2,1-4H3. The van der Waals surface area contributed by atoms with E-state index in [4.69, 9.17) is 9.47 Å². The van der Waals surface area contributed by atoms with Crippen molar-refractivity contribution in [2.45, 2.75) is 232 Å². The van der Waals surface area contributed by atoms with E-state index in [0.717, 1.165) is 38.5 Å². The van der Waals surface area contributed by atoms with E-state index in [1.54, 1.807) is 0 Å². The average molecular weight is 821 g/mol. The van der Waals surface area contributed by atoms with Crippen LogP contribution in [0.5, 0.6) is 11.5 Å². The highest BCUT2D eigenvalue weighted by Gasteiger charge is 2.23. The molecule has 2 aromatic carbocycles. The molecule has 336 valence electrons. The second-order valence-corrected chi connectivity index (χ2v) is 18.5. The van der Waals surface area contributed by atoms with Crippen LogP contribution in [0.15, 0.2) is 48.5 Å². The summed E-state index contributed by atoms with van der Waals surface area (Å²) in [7, 11) is 0. The number of phenolic OH excluding ortho intramolecular Hbond substituents is 2. The topological polar surface area (TPSA) is 93.1 Å². The number of ether oxygens (including phenoxy) is 2. The van der Waals surface area contributed by atoms with Gasteiger partial charge in [-0.2, -0.15) is 0 Å². The maximum atomic E-state index is 12.4. The van der Waals surface area contributed by atoms with Gasteiger partial charge in [0.25, 0.3) is 0 Å². The lowest BCUT2D eigenvalue weighted by Crippen LogP contribution is -2.28. The molecule has 0 heterocycles. The smallest absolute Gasteiger partial charge is 0.305 e. The summed E-state index contributed by atoms with van der Waals surface area (Å²) in [6.45, 7) is 9.01. The molecule has 0 aliphatic rings. The van der Waals surface area contributed by atoms with E-state index in [0.29, 0.717) is 36.2 Å². The van der Waals surface area contributed by atoms with E-state index < -0.39 is 5.41 Å². The number of esters is 2. The Labute approximate surface area is 362 Å². The van der Waals surface area contributed by atoms with Crippen molar-refractivity contribution in [1.82, 2.24) is 0 Å². The lowest BCUT2D eigenvalue weighted by molar-refractivity contribution is -0.152. The zero-order valence-electron chi connectivity index (χ0n) is 38.4. The first-order valence-electron chi connectivity index (χ1n) is 24.5. The highest BCUT2D eigenvalue weighted by atomic mass is 16.5. The van der Waals surface area contributed by atoms with Gasteiger partial charge in [-0.15, -0.1) is 0 Å². The lowest BCUT2D eigenvalue weighted by Gasteiger charge is -2.23. The predicted molar refractivity (Wildman–Crippen MR) is 247 cm³/mol. The quantitative estimate of drug-likeness (QED) is 0.0518. The van der Waals surface area contributed by atoms with Crippen LogP contribution in [0.1, 0.15) is 243 Å². The Morgan fingerprint density at radius 2 is 0.712 bits per heavy atom. The van der Waals surface area contributed by atoms with Crippen molar-refractivity contribution in [1.29, 1.82) is 0 Å². The predicted octanol–water partition coefficient (Wildman–Crippen LogP) is 15.8. The summed E-state index contributed by atoms with van der Waals surface area (Å²) < 4.78 is 11.2. The Balaban J connectivity index is 1.46. The second-order valence-electron chi connectivity index (χ2n) is 18.5. The van der Waals surface area contributed by atoms with Gasteiger partial charge in [0.05, 0.1) is 13.2 Å². The van der Waals surface area contributed by atoms with Crippen LogP contribution < -0.4 is 0 Å². The molecule has 0 saturated carbocycles. The molecule has 0 aliphatic carbocycles. The minimum atomic E-state index is -0.405. The largest absolute Gasteiger partial charge is 0.508 e.